The fourth-order valence-corrected chi connectivity index (χ4v) is 9.21. The highest BCUT2D eigenvalue weighted by molar-refractivity contribution is 7.33. The van der Waals surface area contributed by atoms with Gasteiger partial charge in [-0.05, 0) is 110 Å². The average Bonchev–Trinajstić information content (AvgIpc) is 3.09. The smallest absolute Gasteiger partial charge is 0.106 e. The summed E-state index contributed by atoms with van der Waals surface area (Å²) >= 11 is 0. The first-order valence-corrected chi connectivity index (χ1v) is 24.2. The molecular weight excluding hydrogens is 776 g/mol. The van der Waals surface area contributed by atoms with Gasteiger partial charge in [0, 0.05) is 4.57 Å². The van der Waals surface area contributed by atoms with Crippen molar-refractivity contribution >= 4 is 8.25 Å². The van der Waals surface area contributed by atoms with Crippen LogP contribution in [0.3, 0.4) is 0 Å². The van der Waals surface area contributed by atoms with Gasteiger partial charge in [-0.2, -0.15) is 0 Å². The van der Waals surface area contributed by atoms with Crippen molar-refractivity contribution in [2.24, 2.45) is 0 Å². The van der Waals surface area contributed by atoms with Crippen molar-refractivity contribution in [1.82, 2.24) is 0 Å². The van der Waals surface area contributed by atoms with E-state index >= 15 is 4.57 Å². The van der Waals surface area contributed by atoms with Crippen LogP contribution in [0.4, 0.5) is 0 Å². The van der Waals surface area contributed by atoms with Crippen LogP contribution in [-0.2, 0) is 56.9 Å². The van der Waals surface area contributed by atoms with Gasteiger partial charge in [0.15, 0.2) is 12.2 Å². The predicted molar refractivity (Wildman–Crippen MR) is 269 cm³/mol. The standard InChI is InChI=1S/C58H86O3P/c1-51(2,3)37-25-29-41(45(33-37)55(13,14)15)49(42-30-26-38(52(4,5)6)34-46(42)56(16,17)18)60-62(59)61-50(43-31-27-39(53(7,8)9)35-47(43)57(19,20)21)44-32-28-40(54(10,11)12)36-48(44)58(22,23)24/h25-36,49-50H,1-24H3/q+1. The lowest BCUT2D eigenvalue weighted by molar-refractivity contribution is 0.159. The normalized spacial score (nSPS) is 14.0. The van der Waals surface area contributed by atoms with Crippen molar-refractivity contribution in [3.63, 3.8) is 0 Å². The Morgan fingerprint density at radius 1 is 0.306 bits per heavy atom. The minimum absolute atomic E-state index is 0.0537. The molecule has 4 heteroatoms. The van der Waals surface area contributed by atoms with E-state index in [2.05, 4.69) is 239 Å². The van der Waals surface area contributed by atoms with E-state index in [1.807, 2.05) is 0 Å². The largest absolute Gasteiger partial charge is 0.699 e. The minimum Gasteiger partial charge on any atom is -0.106 e. The summed E-state index contributed by atoms with van der Waals surface area (Å²) in [6.07, 6.45) is -1.33. The molecule has 0 heterocycles. The van der Waals surface area contributed by atoms with Crippen molar-refractivity contribution < 1.29 is 13.6 Å². The van der Waals surface area contributed by atoms with Crippen LogP contribution in [0.5, 0.6) is 0 Å². The average molecular weight is 862 g/mol. The Balaban J connectivity index is 2.10. The first-order chi connectivity index (χ1) is 27.7. The molecule has 0 atom stereocenters. The molecule has 4 rings (SSSR count). The third kappa shape index (κ3) is 12.2. The van der Waals surface area contributed by atoms with E-state index in [1.165, 1.54) is 44.5 Å². The first-order valence-electron chi connectivity index (χ1n) is 23.1. The quantitative estimate of drug-likeness (QED) is 0.166. The molecule has 0 aliphatic carbocycles. The highest BCUT2D eigenvalue weighted by atomic mass is 31.1. The van der Waals surface area contributed by atoms with Gasteiger partial charge in [0.05, 0.1) is 0 Å². The maximum Gasteiger partial charge on any atom is 0.699 e. The van der Waals surface area contributed by atoms with E-state index in [9.17, 15) is 0 Å². The van der Waals surface area contributed by atoms with Crippen LogP contribution in [0.1, 0.15) is 245 Å². The molecule has 0 spiro atoms. The molecule has 62 heavy (non-hydrogen) atoms. The van der Waals surface area contributed by atoms with E-state index in [4.69, 9.17) is 9.05 Å². The summed E-state index contributed by atoms with van der Waals surface area (Å²) in [4.78, 5) is 0. The van der Waals surface area contributed by atoms with E-state index in [-0.39, 0.29) is 43.3 Å². The van der Waals surface area contributed by atoms with Crippen molar-refractivity contribution in [3.05, 3.63) is 140 Å². The van der Waals surface area contributed by atoms with Gasteiger partial charge >= 0.3 is 8.25 Å². The molecule has 340 valence electrons. The van der Waals surface area contributed by atoms with Crippen LogP contribution in [0.15, 0.2) is 72.8 Å². The fraction of sp³-hybridized carbons (Fsp3) is 0.586. The number of benzene rings is 4. The van der Waals surface area contributed by atoms with Gasteiger partial charge in [-0.25, -0.2) is 0 Å². The molecular formula is C58H86O3P+. The summed E-state index contributed by atoms with van der Waals surface area (Å²) in [6, 6.07) is 27.2. The zero-order valence-corrected chi connectivity index (χ0v) is 44.6. The Bertz CT molecular complexity index is 1920. The van der Waals surface area contributed by atoms with E-state index in [1.54, 1.807) is 0 Å². The Kier molecular flexibility index (Phi) is 14.4. The molecule has 0 saturated heterocycles. The zero-order valence-electron chi connectivity index (χ0n) is 43.8. The predicted octanol–water partition coefficient (Wildman–Crippen LogP) is 17.6. The highest BCUT2D eigenvalue weighted by Gasteiger charge is 2.42. The molecule has 0 bridgehead atoms. The van der Waals surface area contributed by atoms with Crippen LogP contribution in [0.2, 0.25) is 0 Å². The minimum atomic E-state index is -2.72. The lowest BCUT2D eigenvalue weighted by Crippen LogP contribution is -2.24. The number of hydrogen-bond donors (Lipinski definition) is 0. The molecule has 0 amide bonds. The third-order valence-electron chi connectivity index (χ3n) is 12.4. The SMILES string of the molecule is CC(C)(C)c1ccc(C(O[P+](=O)OC(c2ccc(C(C)(C)C)cc2C(C)(C)C)c2ccc(C(C)(C)C)cc2C(C)(C)C)c2ccc(C(C)(C)C)cc2C(C)(C)C)c(C(C)(C)C)c1. The topological polar surface area (TPSA) is 35.5 Å². The fourth-order valence-electron chi connectivity index (χ4n) is 8.36. The Morgan fingerprint density at radius 3 is 0.629 bits per heavy atom. The highest BCUT2D eigenvalue weighted by Crippen LogP contribution is 2.51. The van der Waals surface area contributed by atoms with E-state index in [0.29, 0.717) is 0 Å². The second-order valence-corrected chi connectivity index (χ2v) is 27.3. The molecule has 3 nitrogen and oxygen atoms in total. The van der Waals surface area contributed by atoms with Crippen LogP contribution in [0, 0.1) is 0 Å². The molecule has 4 aromatic rings. The summed E-state index contributed by atoms with van der Waals surface area (Å²) in [5.41, 5.74) is 12.6. The summed E-state index contributed by atoms with van der Waals surface area (Å²) < 4.78 is 29.6. The third-order valence-corrected chi connectivity index (χ3v) is 13.2. The molecule has 0 aliphatic heterocycles. The van der Waals surface area contributed by atoms with Crippen molar-refractivity contribution in [2.75, 3.05) is 0 Å². The Hall–Kier alpha value is -3.10. The summed E-state index contributed by atoms with van der Waals surface area (Å²) in [5, 5.41) is 0. The maximum atomic E-state index is 15.4. The molecule has 0 radical (unpaired) electrons. The number of hydrogen-bond acceptors (Lipinski definition) is 3. The van der Waals surface area contributed by atoms with Crippen LogP contribution >= 0.6 is 8.25 Å². The van der Waals surface area contributed by atoms with Crippen molar-refractivity contribution in [3.8, 4) is 0 Å². The monoisotopic (exact) mass is 862 g/mol. The van der Waals surface area contributed by atoms with Crippen molar-refractivity contribution in [2.45, 2.75) is 222 Å². The molecule has 0 saturated carbocycles. The number of rotatable bonds is 8. The molecule has 4 aromatic carbocycles. The van der Waals surface area contributed by atoms with Crippen LogP contribution in [-0.4, -0.2) is 0 Å². The summed E-state index contributed by atoms with van der Waals surface area (Å²) in [6.45, 7) is 54.3. The molecule has 0 aromatic heterocycles. The lowest BCUT2D eigenvalue weighted by atomic mass is 9.74. The van der Waals surface area contributed by atoms with Gasteiger partial charge < -0.3 is 0 Å². The molecule has 0 unspecified atom stereocenters. The maximum absolute atomic E-state index is 15.4. The summed E-state index contributed by atoms with van der Waals surface area (Å²) in [7, 11) is -2.72. The van der Waals surface area contributed by atoms with Gasteiger partial charge in [-0.1, -0.05) is 239 Å². The Morgan fingerprint density at radius 2 is 0.484 bits per heavy atom. The van der Waals surface area contributed by atoms with Crippen LogP contribution < -0.4 is 0 Å². The molecule has 0 fully saturated rings. The van der Waals surface area contributed by atoms with Gasteiger partial charge in [0.2, 0.25) is 0 Å². The lowest BCUT2D eigenvalue weighted by Gasteiger charge is -2.33. The van der Waals surface area contributed by atoms with Crippen LogP contribution in [0.25, 0.3) is 0 Å². The van der Waals surface area contributed by atoms with Gasteiger partial charge in [-0.15, -0.1) is 9.05 Å². The molecule has 0 aliphatic rings. The molecule has 0 N–H and O–H groups in total. The van der Waals surface area contributed by atoms with E-state index in [0.717, 1.165) is 22.3 Å². The zero-order chi connectivity index (χ0) is 47.6. The van der Waals surface area contributed by atoms with E-state index < -0.39 is 20.5 Å². The first kappa shape index (κ1) is 51.5. The second-order valence-electron chi connectivity index (χ2n) is 26.4. The second kappa shape index (κ2) is 17.4. The summed E-state index contributed by atoms with van der Waals surface area (Å²) in [5.74, 6) is 0. The Labute approximate surface area is 381 Å². The van der Waals surface area contributed by atoms with Crippen molar-refractivity contribution in [1.29, 1.82) is 0 Å². The van der Waals surface area contributed by atoms with Gasteiger partial charge in [-0.3, -0.25) is 0 Å². The van der Waals surface area contributed by atoms with Gasteiger partial charge in [0.25, 0.3) is 0 Å². The van der Waals surface area contributed by atoms with Gasteiger partial charge in [0.1, 0.15) is 0 Å².